The maximum absolute atomic E-state index is 12.2. The third-order valence-electron chi connectivity index (χ3n) is 2.92. The zero-order valence-electron chi connectivity index (χ0n) is 13.2. The maximum atomic E-state index is 12.2. The molecule has 0 radical (unpaired) electrons. The van der Waals surface area contributed by atoms with E-state index in [-0.39, 0.29) is 30.4 Å². The van der Waals surface area contributed by atoms with Gasteiger partial charge in [-0.25, -0.2) is 0 Å². The van der Waals surface area contributed by atoms with Crippen LogP contribution in [0.1, 0.15) is 12.0 Å². The van der Waals surface area contributed by atoms with Crippen molar-refractivity contribution in [3.05, 3.63) is 23.8 Å². The van der Waals surface area contributed by atoms with Crippen LogP contribution in [-0.2, 0) is 20.7 Å². The van der Waals surface area contributed by atoms with E-state index in [2.05, 4.69) is 14.8 Å². The first-order valence-corrected chi connectivity index (χ1v) is 6.95. The van der Waals surface area contributed by atoms with Crippen LogP contribution in [0.4, 0.5) is 13.2 Å². The van der Waals surface area contributed by atoms with Crippen molar-refractivity contribution in [2.45, 2.75) is 19.0 Å². The lowest BCUT2D eigenvalue weighted by Gasteiger charge is -2.13. The van der Waals surface area contributed by atoms with E-state index in [0.717, 1.165) is 0 Å². The number of ether oxygens (including phenoxy) is 3. The number of amides is 1. The van der Waals surface area contributed by atoms with Crippen LogP contribution in [0.25, 0.3) is 0 Å². The minimum absolute atomic E-state index is 0.0336. The highest BCUT2D eigenvalue weighted by atomic mass is 19.4. The lowest BCUT2D eigenvalue weighted by molar-refractivity contribution is -0.153. The summed E-state index contributed by atoms with van der Waals surface area (Å²) in [6.45, 7) is -1.64. The van der Waals surface area contributed by atoms with Crippen LogP contribution in [0.2, 0.25) is 0 Å². The Morgan fingerprint density at radius 1 is 1.17 bits per heavy atom. The van der Waals surface area contributed by atoms with E-state index in [1.807, 2.05) is 0 Å². The smallest absolute Gasteiger partial charge is 0.422 e. The molecular weight excluding hydrogens is 331 g/mol. The molecule has 1 rings (SSSR count). The number of halogens is 3. The van der Waals surface area contributed by atoms with Gasteiger partial charge in [0.15, 0.2) is 18.1 Å². The number of aryl methyl sites for hydroxylation is 1. The van der Waals surface area contributed by atoms with E-state index in [9.17, 15) is 22.8 Å². The summed E-state index contributed by atoms with van der Waals surface area (Å²) in [5.74, 6) is -0.798. The van der Waals surface area contributed by atoms with Crippen molar-refractivity contribution in [3.8, 4) is 11.5 Å². The van der Waals surface area contributed by atoms with Crippen LogP contribution in [-0.4, -0.2) is 45.4 Å². The standard InChI is InChI=1S/C15H18F3NO5/c1-22-12-7-10(3-5-11(12)24-9-15(16,17)18)4-6-13(20)19-8-14(21)23-2/h3,5,7H,4,6,8-9H2,1-2H3,(H,19,20). The van der Waals surface area contributed by atoms with E-state index in [1.165, 1.54) is 26.4 Å². The van der Waals surface area contributed by atoms with Gasteiger partial charge in [-0.05, 0) is 24.1 Å². The molecule has 0 aliphatic rings. The molecule has 1 amide bonds. The van der Waals surface area contributed by atoms with E-state index < -0.39 is 18.8 Å². The monoisotopic (exact) mass is 349 g/mol. The quantitative estimate of drug-likeness (QED) is 0.725. The highest BCUT2D eigenvalue weighted by Gasteiger charge is 2.29. The van der Waals surface area contributed by atoms with Gasteiger partial charge in [-0.15, -0.1) is 0 Å². The zero-order valence-corrected chi connectivity index (χ0v) is 13.2. The predicted octanol–water partition coefficient (Wildman–Crippen LogP) is 1.86. The first kappa shape index (κ1) is 19.6. The Morgan fingerprint density at radius 3 is 2.46 bits per heavy atom. The summed E-state index contributed by atoms with van der Waals surface area (Å²) in [7, 11) is 2.52. The SMILES string of the molecule is COC(=O)CNC(=O)CCc1ccc(OCC(F)(F)F)c(OC)c1. The normalized spacial score (nSPS) is 10.9. The number of carbonyl (C=O) groups is 2. The average molecular weight is 349 g/mol. The lowest BCUT2D eigenvalue weighted by Crippen LogP contribution is -2.30. The van der Waals surface area contributed by atoms with Crippen LogP contribution in [0.15, 0.2) is 18.2 Å². The molecule has 24 heavy (non-hydrogen) atoms. The van der Waals surface area contributed by atoms with Crippen LogP contribution in [0.3, 0.4) is 0 Å². The van der Waals surface area contributed by atoms with Gasteiger partial charge in [0.2, 0.25) is 5.91 Å². The molecule has 1 aromatic carbocycles. The van der Waals surface area contributed by atoms with Crippen molar-refractivity contribution < 1.29 is 37.0 Å². The molecule has 1 aromatic rings. The van der Waals surface area contributed by atoms with E-state index in [1.54, 1.807) is 6.07 Å². The molecule has 1 N–H and O–H groups in total. The molecule has 0 atom stereocenters. The fourth-order valence-electron chi connectivity index (χ4n) is 1.74. The first-order chi connectivity index (χ1) is 11.2. The number of rotatable bonds is 8. The van der Waals surface area contributed by atoms with Crippen LogP contribution >= 0.6 is 0 Å². The third kappa shape index (κ3) is 7.21. The number of alkyl halides is 3. The van der Waals surface area contributed by atoms with Gasteiger partial charge in [-0.3, -0.25) is 9.59 Å². The summed E-state index contributed by atoms with van der Waals surface area (Å²) in [6, 6.07) is 4.40. The predicted molar refractivity (Wildman–Crippen MR) is 77.9 cm³/mol. The van der Waals surface area contributed by atoms with Crippen LogP contribution in [0, 0.1) is 0 Å². The number of methoxy groups -OCH3 is 2. The minimum Gasteiger partial charge on any atom is -0.493 e. The Hall–Kier alpha value is -2.45. The maximum Gasteiger partial charge on any atom is 0.422 e. The van der Waals surface area contributed by atoms with Gasteiger partial charge in [-0.1, -0.05) is 6.07 Å². The number of esters is 1. The van der Waals surface area contributed by atoms with Crippen molar-refractivity contribution in [2.75, 3.05) is 27.4 Å². The van der Waals surface area contributed by atoms with Gasteiger partial charge in [0.05, 0.1) is 14.2 Å². The summed E-state index contributed by atoms with van der Waals surface area (Å²) >= 11 is 0. The highest BCUT2D eigenvalue weighted by molar-refractivity contribution is 5.81. The highest BCUT2D eigenvalue weighted by Crippen LogP contribution is 2.30. The molecule has 6 nitrogen and oxygen atoms in total. The van der Waals surface area contributed by atoms with Crippen molar-refractivity contribution >= 4 is 11.9 Å². The van der Waals surface area contributed by atoms with Gasteiger partial charge in [-0.2, -0.15) is 13.2 Å². The molecule has 0 fully saturated rings. The summed E-state index contributed by atoms with van der Waals surface area (Å²) in [6.07, 6.45) is -4.02. The second-order valence-electron chi connectivity index (χ2n) is 4.74. The molecule has 0 heterocycles. The van der Waals surface area contributed by atoms with Crippen LogP contribution < -0.4 is 14.8 Å². The van der Waals surface area contributed by atoms with Gasteiger partial charge in [0.1, 0.15) is 6.54 Å². The van der Waals surface area contributed by atoms with Crippen molar-refractivity contribution in [3.63, 3.8) is 0 Å². The first-order valence-electron chi connectivity index (χ1n) is 6.95. The summed E-state index contributed by atoms with van der Waals surface area (Å²) < 4.78 is 50.6. The fourth-order valence-corrected chi connectivity index (χ4v) is 1.74. The average Bonchev–Trinajstić information content (AvgIpc) is 2.55. The number of benzene rings is 1. The van der Waals surface area contributed by atoms with Crippen molar-refractivity contribution in [2.24, 2.45) is 0 Å². The molecule has 0 saturated heterocycles. The Labute approximate surface area is 136 Å². The number of carbonyl (C=O) groups excluding carboxylic acids is 2. The topological polar surface area (TPSA) is 73.9 Å². The van der Waals surface area contributed by atoms with Gasteiger partial charge >= 0.3 is 12.1 Å². The van der Waals surface area contributed by atoms with Crippen LogP contribution in [0.5, 0.6) is 11.5 Å². The molecule has 0 spiro atoms. The van der Waals surface area contributed by atoms with Gasteiger partial charge in [0, 0.05) is 6.42 Å². The molecule has 0 aliphatic heterocycles. The molecule has 134 valence electrons. The van der Waals surface area contributed by atoms with Gasteiger partial charge in [0.25, 0.3) is 0 Å². The molecule has 0 unspecified atom stereocenters. The Morgan fingerprint density at radius 2 is 1.88 bits per heavy atom. The molecule has 0 bridgehead atoms. The van der Waals surface area contributed by atoms with Gasteiger partial charge < -0.3 is 19.5 Å². The van der Waals surface area contributed by atoms with E-state index in [0.29, 0.717) is 12.0 Å². The second kappa shape index (κ2) is 8.99. The van der Waals surface area contributed by atoms with E-state index in [4.69, 9.17) is 4.74 Å². The number of hydrogen-bond acceptors (Lipinski definition) is 5. The largest absolute Gasteiger partial charge is 0.493 e. The molecule has 0 aromatic heterocycles. The summed E-state index contributed by atoms with van der Waals surface area (Å²) in [5, 5.41) is 2.39. The zero-order chi connectivity index (χ0) is 18.2. The molecule has 0 saturated carbocycles. The number of nitrogens with one attached hydrogen (secondary N) is 1. The number of hydrogen-bond donors (Lipinski definition) is 1. The third-order valence-corrected chi connectivity index (χ3v) is 2.92. The van der Waals surface area contributed by atoms with Crippen molar-refractivity contribution in [1.29, 1.82) is 0 Å². The second-order valence-corrected chi connectivity index (χ2v) is 4.74. The lowest BCUT2D eigenvalue weighted by atomic mass is 10.1. The Balaban J connectivity index is 2.57. The summed E-state index contributed by atoms with van der Waals surface area (Å²) in [5.41, 5.74) is 0.680. The minimum atomic E-state index is -4.44. The fraction of sp³-hybridized carbons (Fsp3) is 0.467. The molecular formula is C15H18F3NO5. The Kier molecular flexibility index (Phi) is 7.34. The molecule has 0 aliphatic carbocycles. The van der Waals surface area contributed by atoms with Crippen molar-refractivity contribution in [1.82, 2.24) is 5.32 Å². The Bertz CT molecular complexity index is 575. The summed E-state index contributed by atoms with van der Waals surface area (Å²) in [4.78, 5) is 22.5. The van der Waals surface area contributed by atoms with E-state index >= 15 is 0 Å². The molecule has 9 heteroatoms.